The molecular weight excluding hydrogens is 346 g/mol. The molecule has 0 aliphatic rings. The van der Waals surface area contributed by atoms with Gasteiger partial charge in [0.1, 0.15) is 12.4 Å². The van der Waals surface area contributed by atoms with Gasteiger partial charge in [0.2, 0.25) is 10.0 Å². The average Bonchev–Trinajstić information content (AvgIpc) is 2.54. The van der Waals surface area contributed by atoms with E-state index in [1.54, 1.807) is 19.1 Å². The van der Waals surface area contributed by atoms with E-state index in [0.29, 0.717) is 10.6 Å². The Morgan fingerprint density at radius 1 is 1.08 bits per heavy atom. The Bertz CT molecular complexity index is 883. The van der Waals surface area contributed by atoms with Gasteiger partial charge in [0, 0.05) is 5.02 Å². The molecule has 0 bridgehead atoms. The van der Waals surface area contributed by atoms with Crippen molar-refractivity contribution in [3.8, 4) is 17.6 Å². The van der Waals surface area contributed by atoms with Crippen LogP contribution in [-0.2, 0) is 10.0 Å². The third-order valence-electron chi connectivity index (χ3n) is 3.38. The lowest BCUT2D eigenvalue weighted by Gasteiger charge is -2.08. The maximum Gasteiger partial charge on any atom is 0.241 e. The zero-order valence-electron chi connectivity index (χ0n) is 13.5. The molecule has 0 atom stereocenters. The predicted octanol–water partition coefficient (Wildman–Crippen LogP) is 3.32. The summed E-state index contributed by atoms with van der Waals surface area (Å²) in [5.41, 5.74) is 1.54. The number of nitrogens with one attached hydrogen (secondary N) is 1. The standard InChI is InChI=1S/C18H18ClNO3S/c1-14-8-3-4-10-17(14)23-13-6-5-12-20-24(21,22)18-11-7-9-16(19)15(18)2/h3-4,7-11,20H,12-13H2,1-2H3. The molecule has 0 radical (unpaired) electrons. The Hall–Kier alpha value is -2.00. The number of rotatable bonds is 5. The van der Waals surface area contributed by atoms with E-state index in [0.717, 1.165) is 11.3 Å². The molecular formula is C18H18ClNO3S. The van der Waals surface area contributed by atoms with Gasteiger partial charge in [-0.25, -0.2) is 8.42 Å². The fraction of sp³-hybridized carbons (Fsp3) is 0.222. The molecule has 0 amide bonds. The molecule has 126 valence electrons. The molecule has 0 unspecified atom stereocenters. The van der Waals surface area contributed by atoms with Gasteiger partial charge in [-0.15, -0.1) is 0 Å². The van der Waals surface area contributed by atoms with Crippen LogP contribution in [0, 0.1) is 25.7 Å². The number of aryl methyl sites for hydroxylation is 1. The summed E-state index contributed by atoms with van der Waals surface area (Å²) in [6, 6.07) is 12.4. The number of sulfonamides is 1. The van der Waals surface area contributed by atoms with Crippen molar-refractivity contribution in [2.24, 2.45) is 0 Å². The van der Waals surface area contributed by atoms with Crippen LogP contribution in [0.25, 0.3) is 0 Å². The zero-order chi connectivity index (χ0) is 17.6. The number of halogens is 1. The van der Waals surface area contributed by atoms with Crippen LogP contribution in [-0.4, -0.2) is 21.6 Å². The van der Waals surface area contributed by atoms with Crippen LogP contribution in [0.1, 0.15) is 11.1 Å². The van der Waals surface area contributed by atoms with Gasteiger partial charge in [-0.3, -0.25) is 0 Å². The van der Waals surface area contributed by atoms with Gasteiger partial charge < -0.3 is 4.74 Å². The molecule has 2 rings (SSSR count). The highest BCUT2D eigenvalue weighted by Crippen LogP contribution is 2.22. The van der Waals surface area contributed by atoms with Crippen LogP contribution < -0.4 is 9.46 Å². The Balaban J connectivity index is 1.90. The maximum absolute atomic E-state index is 12.2. The van der Waals surface area contributed by atoms with E-state index in [9.17, 15) is 8.42 Å². The van der Waals surface area contributed by atoms with Crippen LogP contribution in [0.15, 0.2) is 47.4 Å². The van der Waals surface area contributed by atoms with Gasteiger partial charge in [-0.2, -0.15) is 4.72 Å². The molecule has 0 aliphatic carbocycles. The fourth-order valence-corrected chi connectivity index (χ4v) is 3.45. The number of ether oxygens (including phenoxy) is 1. The Morgan fingerprint density at radius 3 is 2.58 bits per heavy atom. The van der Waals surface area contributed by atoms with Gasteiger partial charge >= 0.3 is 0 Å². The first-order valence-electron chi connectivity index (χ1n) is 7.31. The molecule has 0 aromatic heterocycles. The molecule has 0 spiro atoms. The minimum Gasteiger partial charge on any atom is -0.481 e. The summed E-state index contributed by atoms with van der Waals surface area (Å²) in [5.74, 6) is 6.29. The normalized spacial score (nSPS) is 10.8. The molecule has 2 aromatic carbocycles. The van der Waals surface area contributed by atoms with Gasteiger partial charge in [0.15, 0.2) is 0 Å². The number of para-hydroxylation sites is 1. The molecule has 24 heavy (non-hydrogen) atoms. The largest absolute Gasteiger partial charge is 0.481 e. The highest BCUT2D eigenvalue weighted by Gasteiger charge is 2.16. The quantitative estimate of drug-likeness (QED) is 0.829. The summed E-state index contributed by atoms with van der Waals surface area (Å²) >= 11 is 5.96. The van der Waals surface area contributed by atoms with E-state index in [1.807, 2.05) is 31.2 Å². The second kappa shape index (κ2) is 8.20. The van der Waals surface area contributed by atoms with E-state index in [4.69, 9.17) is 16.3 Å². The first-order chi connectivity index (χ1) is 11.4. The molecule has 2 aromatic rings. The van der Waals surface area contributed by atoms with Gasteiger partial charge in [0.05, 0.1) is 11.4 Å². The molecule has 0 saturated carbocycles. The Labute approximate surface area is 147 Å². The minimum absolute atomic E-state index is 0.00538. The van der Waals surface area contributed by atoms with Crippen molar-refractivity contribution < 1.29 is 13.2 Å². The molecule has 0 heterocycles. The van der Waals surface area contributed by atoms with Crippen LogP contribution in [0.4, 0.5) is 0 Å². The first kappa shape index (κ1) is 18.3. The second-order valence-corrected chi connectivity index (χ2v) is 7.24. The molecule has 0 saturated heterocycles. The predicted molar refractivity (Wildman–Crippen MR) is 95.8 cm³/mol. The number of hydrogen-bond donors (Lipinski definition) is 1. The smallest absolute Gasteiger partial charge is 0.241 e. The third kappa shape index (κ3) is 4.75. The van der Waals surface area contributed by atoms with E-state index in [1.165, 1.54) is 6.07 Å². The summed E-state index contributed by atoms with van der Waals surface area (Å²) in [5, 5.41) is 0.413. The first-order valence-corrected chi connectivity index (χ1v) is 9.17. The number of benzene rings is 2. The lowest BCUT2D eigenvalue weighted by Crippen LogP contribution is -2.24. The SMILES string of the molecule is Cc1ccccc1OCC#CCNS(=O)(=O)c1cccc(Cl)c1C. The Morgan fingerprint density at radius 2 is 1.83 bits per heavy atom. The van der Waals surface area contributed by atoms with Gasteiger partial charge in [-0.1, -0.05) is 47.7 Å². The van der Waals surface area contributed by atoms with E-state index in [2.05, 4.69) is 16.6 Å². The highest BCUT2D eigenvalue weighted by atomic mass is 35.5. The van der Waals surface area contributed by atoms with Crippen LogP contribution in [0.3, 0.4) is 0 Å². The summed E-state index contributed by atoms with van der Waals surface area (Å²) in [6.07, 6.45) is 0. The summed E-state index contributed by atoms with van der Waals surface area (Å²) in [4.78, 5) is 0.160. The number of hydrogen-bond acceptors (Lipinski definition) is 3. The minimum atomic E-state index is -3.64. The average molecular weight is 364 g/mol. The van der Waals surface area contributed by atoms with Crippen molar-refractivity contribution in [2.75, 3.05) is 13.2 Å². The molecule has 0 aliphatic heterocycles. The lowest BCUT2D eigenvalue weighted by molar-refractivity contribution is 0.367. The maximum atomic E-state index is 12.2. The van der Waals surface area contributed by atoms with Crippen molar-refractivity contribution in [1.29, 1.82) is 0 Å². The zero-order valence-corrected chi connectivity index (χ0v) is 15.0. The Kier molecular flexibility index (Phi) is 6.27. The van der Waals surface area contributed by atoms with Gasteiger partial charge in [0.25, 0.3) is 0 Å². The van der Waals surface area contributed by atoms with Crippen molar-refractivity contribution in [2.45, 2.75) is 18.7 Å². The second-order valence-electron chi connectivity index (χ2n) is 5.10. The van der Waals surface area contributed by atoms with Crippen LogP contribution in [0.2, 0.25) is 5.02 Å². The molecule has 4 nitrogen and oxygen atoms in total. The van der Waals surface area contributed by atoms with Gasteiger partial charge in [-0.05, 0) is 43.2 Å². The van der Waals surface area contributed by atoms with Crippen molar-refractivity contribution in [3.05, 3.63) is 58.6 Å². The van der Waals surface area contributed by atoms with E-state index < -0.39 is 10.0 Å². The summed E-state index contributed by atoms with van der Waals surface area (Å²) < 4.78 is 32.4. The summed E-state index contributed by atoms with van der Waals surface area (Å²) in [7, 11) is -3.64. The summed E-state index contributed by atoms with van der Waals surface area (Å²) in [6.45, 7) is 3.82. The van der Waals surface area contributed by atoms with Crippen LogP contribution >= 0.6 is 11.6 Å². The topological polar surface area (TPSA) is 55.4 Å². The molecule has 1 N–H and O–H groups in total. The third-order valence-corrected chi connectivity index (χ3v) is 5.33. The lowest BCUT2D eigenvalue weighted by atomic mass is 10.2. The highest BCUT2D eigenvalue weighted by molar-refractivity contribution is 7.89. The fourth-order valence-electron chi connectivity index (χ4n) is 2.03. The van der Waals surface area contributed by atoms with Crippen molar-refractivity contribution >= 4 is 21.6 Å². The monoisotopic (exact) mass is 363 g/mol. The van der Waals surface area contributed by atoms with Crippen molar-refractivity contribution in [1.82, 2.24) is 4.72 Å². The van der Waals surface area contributed by atoms with Crippen LogP contribution in [0.5, 0.6) is 5.75 Å². The molecule has 0 fully saturated rings. The van der Waals surface area contributed by atoms with E-state index >= 15 is 0 Å². The van der Waals surface area contributed by atoms with Crippen molar-refractivity contribution in [3.63, 3.8) is 0 Å². The molecule has 6 heteroatoms. The van der Waals surface area contributed by atoms with E-state index in [-0.39, 0.29) is 18.0 Å².